The molecule has 0 saturated heterocycles. The van der Waals surface area contributed by atoms with Crippen molar-refractivity contribution in [1.29, 1.82) is 0 Å². The van der Waals surface area contributed by atoms with E-state index in [1.807, 2.05) is 0 Å². The summed E-state index contributed by atoms with van der Waals surface area (Å²) < 4.78 is 0. The fraction of sp³-hybridized carbons (Fsp3) is 0.417. The third-order valence-corrected chi connectivity index (χ3v) is 3.18. The van der Waals surface area contributed by atoms with Crippen molar-refractivity contribution in [2.45, 2.75) is 31.7 Å². The average Bonchev–Trinajstić information content (AvgIpc) is 2.81. The second-order valence-electron chi connectivity index (χ2n) is 4.49. The zero-order valence-corrected chi connectivity index (χ0v) is 9.89. The number of amides is 1. The SMILES string of the molecule is Nc1cc(C(=O)NC2CCCC2)ccc1[N+](=O)[O-]. The molecule has 0 radical (unpaired) electrons. The maximum Gasteiger partial charge on any atom is 0.292 e. The highest BCUT2D eigenvalue weighted by molar-refractivity contribution is 5.95. The number of nitrogen functional groups attached to an aromatic ring is 1. The Bertz CT molecular complexity index is 481. The van der Waals surface area contributed by atoms with Gasteiger partial charge in [0.15, 0.2) is 0 Å². The van der Waals surface area contributed by atoms with Gasteiger partial charge in [-0.15, -0.1) is 0 Å². The molecule has 0 aromatic heterocycles. The minimum absolute atomic E-state index is 0.0130. The largest absolute Gasteiger partial charge is 0.393 e. The summed E-state index contributed by atoms with van der Waals surface area (Å²) in [6, 6.07) is 4.26. The second-order valence-corrected chi connectivity index (χ2v) is 4.49. The van der Waals surface area contributed by atoms with Crippen molar-refractivity contribution in [1.82, 2.24) is 5.32 Å². The Balaban J connectivity index is 2.10. The van der Waals surface area contributed by atoms with E-state index in [4.69, 9.17) is 5.73 Å². The Morgan fingerprint density at radius 2 is 2.06 bits per heavy atom. The molecule has 0 unspecified atom stereocenters. The molecule has 6 nitrogen and oxygen atoms in total. The van der Waals surface area contributed by atoms with Crippen molar-refractivity contribution in [3.05, 3.63) is 33.9 Å². The van der Waals surface area contributed by atoms with Crippen LogP contribution in [0.15, 0.2) is 18.2 Å². The van der Waals surface area contributed by atoms with E-state index in [1.165, 1.54) is 18.2 Å². The summed E-state index contributed by atoms with van der Waals surface area (Å²) in [7, 11) is 0. The molecule has 0 atom stereocenters. The van der Waals surface area contributed by atoms with Crippen LogP contribution in [0, 0.1) is 10.1 Å². The van der Waals surface area contributed by atoms with Gasteiger partial charge in [-0.25, -0.2) is 0 Å². The Labute approximate surface area is 104 Å². The molecule has 1 aromatic carbocycles. The van der Waals surface area contributed by atoms with E-state index >= 15 is 0 Å². The first kappa shape index (κ1) is 12.3. The van der Waals surface area contributed by atoms with Crippen molar-refractivity contribution in [2.75, 3.05) is 5.73 Å². The molecular weight excluding hydrogens is 234 g/mol. The van der Waals surface area contributed by atoms with Crippen LogP contribution in [0.1, 0.15) is 36.0 Å². The quantitative estimate of drug-likeness (QED) is 0.485. The summed E-state index contributed by atoms with van der Waals surface area (Å²) >= 11 is 0. The number of hydrogen-bond acceptors (Lipinski definition) is 4. The molecule has 96 valence electrons. The molecule has 0 heterocycles. The van der Waals surface area contributed by atoms with Crippen LogP contribution >= 0.6 is 0 Å². The van der Waals surface area contributed by atoms with Gasteiger partial charge in [-0.2, -0.15) is 0 Å². The summed E-state index contributed by atoms with van der Waals surface area (Å²) in [5.41, 5.74) is 5.75. The number of nitro groups is 1. The molecule has 1 saturated carbocycles. The summed E-state index contributed by atoms with van der Waals surface area (Å²) in [6.45, 7) is 0. The van der Waals surface area contributed by atoms with Gasteiger partial charge in [-0.1, -0.05) is 12.8 Å². The maximum absolute atomic E-state index is 11.9. The molecule has 1 aliphatic rings. The predicted octanol–water partition coefficient (Wildman–Crippen LogP) is 1.85. The fourth-order valence-electron chi connectivity index (χ4n) is 2.20. The molecule has 1 aromatic rings. The van der Waals surface area contributed by atoms with Crippen LogP contribution < -0.4 is 11.1 Å². The average molecular weight is 249 g/mol. The standard InChI is InChI=1S/C12H15N3O3/c13-10-7-8(5-6-11(10)15(17)18)12(16)14-9-3-1-2-4-9/h5-7,9H,1-4,13H2,(H,14,16). The van der Waals surface area contributed by atoms with Crippen LogP contribution in [0.5, 0.6) is 0 Å². The summed E-state index contributed by atoms with van der Waals surface area (Å²) in [5, 5.41) is 13.5. The van der Waals surface area contributed by atoms with Gasteiger partial charge in [-0.3, -0.25) is 14.9 Å². The smallest absolute Gasteiger partial charge is 0.292 e. The minimum atomic E-state index is -0.562. The van der Waals surface area contributed by atoms with E-state index in [-0.39, 0.29) is 23.3 Å². The van der Waals surface area contributed by atoms with Crippen molar-refractivity contribution in [3.8, 4) is 0 Å². The van der Waals surface area contributed by atoms with Gasteiger partial charge < -0.3 is 11.1 Å². The Morgan fingerprint density at radius 3 is 2.61 bits per heavy atom. The number of nitro benzene ring substituents is 1. The summed E-state index contributed by atoms with van der Waals surface area (Å²) in [4.78, 5) is 21.9. The third-order valence-electron chi connectivity index (χ3n) is 3.18. The molecular formula is C12H15N3O3. The van der Waals surface area contributed by atoms with E-state index in [0.29, 0.717) is 5.56 Å². The topological polar surface area (TPSA) is 98.3 Å². The normalized spacial score (nSPS) is 15.6. The lowest BCUT2D eigenvalue weighted by atomic mass is 10.1. The molecule has 0 aliphatic heterocycles. The maximum atomic E-state index is 11.9. The Morgan fingerprint density at radius 1 is 1.39 bits per heavy atom. The molecule has 6 heteroatoms. The van der Waals surface area contributed by atoms with Crippen molar-refractivity contribution < 1.29 is 9.72 Å². The van der Waals surface area contributed by atoms with Crippen molar-refractivity contribution >= 4 is 17.3 Å². The predicted molar refractivity (Wildman–Crippen MR) is 67.2 cm³/mol. The number of nitrogens with one attached hydrogen (secondary N) is 1. The number of nitrogens with two attached hydrogens (primary N) is 1. The highest BCUT2D eigenvalue weighted by Gasteiger charge is 2.19. The molecule has 1 aliphatic carbocycles. The van der Waals surface area contributed by atoms with E-state index in [1.54, 1.807) is 0 Å². The summed E-state index contributed by atoms with van der Waals surface area (Å²) in [6.07, 6.45) is 4.25. The molecule has 1 amide bonds. The fourth-order valence-corrected chi connectivity index (χ4v) is 2.20. The number of nitrogens with zero attached hydrogens (tertiary/aromatic N) is 1. The lowest BCUT2D eigenvalue weighted by Crippen LogP contribution is -2.32. The number of hydrogen-bond donors (Lipinski definition) is 2. The van der Waals surface area contributed by atoms with Gasteiger partial charge in [0.2, 0.25) is 0 Å². The van der Waals surface area contributed by atoms with Crippen LogP contribution in [0.2, 0.25) is 0 Å². The molecule has 0 bridgehead atoms. The summed E-state index contributed by atoms with van der Waals surface area (Å²) in [5.74, 6) is -0.219. The lowest BCUT2D eigenvalue weighted by molar-refractivity contribution is -0.383. The minimum Gasteiger partial charge on any atom is -0.393 e. The van der Waals surface area contributed by atoms with Crippen LogP contribution in [-0.2, 0) is 0 Å². The van der Waals surface area contributed by atoms with Gasteiger partial charge in [0.05, 0.1) is 4.92 Å². The monoisotopic (exact) mass is 249 g/mol. The third kappa shape index (κ3) is 2.58. The van der Waals surface area contributed by atoms with E-state index < -0.39 is 4.92 Å². The van der Waals surface area contributed by atoms with Crippen LogP contribution in [0.4, 0.5) is 11.4 Å². The zero-order chi connectivity index (χ0) is 13.1. The van der Waals surface area contributed by atoms with E-state index in [2.05, 4.69) is 5.32 Å². The zero-order valence-electron chi connectivity index (χ0n) is 9.89. The van der Waals surface area contributed by atoms with Crippen LogP contribution in [0.3, 0.4) is 0 Å². The first-order valence-electron chi connectivity index (χ1n) is 5.92. The molecule has 2 rings (SSSR count). The number of carbonyl (C=O) groups excluding carboxylic acids is 1. The first-order valence-corrected chi connectivity index (χ1v) is 5.92. The van der Waals surface area contributed by atoms with Crippen molar-refractivity contribution in [2.24, 2.45) is 0 Å². The number of carbonyl (C=O) groups is 1. The highest BCUT2D eigenvalue weighted by atomic mass is 16.6. The van der Waals surface area contributed by atoms with E-state index in [9.17, 15) is 14.9 Å². The molecule has 0 spiro atoms. The van der Waals surface area contributed by atoms with Crippen LogP contribution in [-0.4, -0.2) is 16.9 Å². The lowest BCUT2D eigenvalue weighted by Gasteiger charge is -2.12. The highest BCUT2D eigenvalue weighted by Crippen LogP contribution is 2.23. The van der Waals surface area contributed by atoms with Gasteiger partial charge in [0.1, 0.15) is 5.69 Å². The van der Waals surface area contributed by atoms with Gasteiger partial charge in [-0.05, 0) is 25.0 Å². The molecule has 3 N–H and O–H groups in total. The molecule has 18 heavy (non-hydrogen) atoms. The first-order chi connectivity index (χ1) is 8.58. The Hall–Kier alpha value is -2.11. The number of anilines is 1. The second kappa shape index (κ2) is 5.03. The van der Waals surface area contributed by atoms with Gasteiger partial charge in [0.25, 0.3) is 11.6 Å². The van der Waals surface area contributed by atoms with Gasteiger partial charge in [0, 0.05) is 17.7 Å². The number of rotatable bonds is 3. The van der Waals surface area contributed by atoms with Crippen LogP contribution in [0.25, 0.3) is 0 Å². The molecule has 1 fully saturated rings. The Kier molecular flexibility index (Phi) is 3.45. The number of benzene rings is 1. The van der Waals surface area contributed by atoms with Crippen molar-refractivity contribution in [3.63, 3.8) is 0 Å². The van der Waals surface area contributed by atoms with Gasteiger partial charge >= 0.3 is 0 Å². The van der Waals surface area contributed by atoms with E-state index in [0.717, 1.165) is 25.7 Å².